The normalized spacial score (nSPS) is 21.5. The zero-order chi connectivity index (χ0) is 23.2. The summed E-state index contributed by atoms with van der Waals surface area (Å²) in [5.41, 5.74) is 2.09. The third-order valence-corrected chi connectivity index (χ3v) is 6.81. The van der Waals surface area contributed by atoms with Crippen LogP contribution in [0.25, 0.3) is 0 Å². The van der Waals surface area contributed by atoms with E-state index in [-0.39, 0.29) is 5.91 Å². The van der Waals surface area contributed by atoms with Crippen LogP contribution in [0.1, 0.15) is 24.3 Å². The first-order valence-electron chi connectivity index (χ1n) is 12.0. The number of hydrogen-bond acceptors (Lipinski definition) is 7. The van der Waals surface area contributed by atoms with Crippen LogP contribution in [0, 0.1) is 11.8 Å². The van der Waals surface area contributed by atoms with Gasteiger partial charge in [0.2, 0.25) is 5.91 Å². The topological polar surface area (TPSA) is 74.1 Å². The maximum absolute atomic E-state index is 13.2. The van der Waals surface area contributed by atoms with Gasteiger partial charge in [-0.25, -0.2) is 0 Å². The molecule has 4 rings (SSSR count). The number of piperazine rings is 1. The van der Waals surface area contributed by atoms with E-state index < -0.39 is 0 Å². The van der Waals surface area contributed by atoms with E-state index in [9.17, 15) is 4.79 Å². The number of rotatable bonds is 8. The first-order chi connectivity index (χ1) is 16.0. The van der Waals surface area contributed by atoms with Crippen molar-refractivity contribution < 1.29 is 14.1 Å². The van der Waals surface area contributed by atoms with Crippen LogP contribution >= 0.6 is 0 Å². The van der Waals surface area contributed by atoms with Crippen LogP contribution in [0.2, 0.25) is 0 Å². The van der Waals surface area contributed by atoms with Crippen LogP contribution in [0.5, 0.6) is 5.75 Å². The number of ether oxygens (including phenoxy) is 1. The number of nitrogens with zero attached hydrogens (tertiary/aromatic N) is 4. The number of methoxy groups -OCH3 is 1. The lowest BCUT2D eigenvalue weighted by molar-refractivity contribution is -0.133. The van der Waals surface area contributed by atoms with Crippen LogP contribution < -0.4 is 15.0 Å². The summed E-state index contributed by atoms with van der Waals surface area (Å²) in [5.74, 6) is 2.82. The molecule has 0 saturated carbocycles. The molecule has 0 spiro atoms. The molecule has 8 heteroatoms. The van der Waals surface area contributed by atoms with E-state index in [0.29, 0.717) is 18.3 Å². The Bertz CT molecular complexity index is 907. The number of hydrogen-bond donors (Lipinski definition) is 1. The highest BCUT2D eigenvalue weighted by Crippen LogP contribution is 2.30. The first-order valence-corrected chi connectivity index (χ1v) is 12.0. The minimum absolute atomic E-state index is 0.278. The molecular weight excluding hydrogens is 418 g/mol. The Labute approximate surface area is 196 Å². The van der Waals surface area contributed by atoms with Crippen molar-refractivity contribution in [2.75, 3.05) is 65.4 Å². The van der Waals surface area contributed by atoms with E-state index in [4.69, 9.17) is 9.26 Å². The molecule has 2 atom stereocenters. The lowest BCUT2D eigenvalue weighted by Crippen LogP contribution is -2.50. The van der Waals surface area contributed by atoms with E-state index in [1.807, 2.05) is 37.2 Å². The summed E-state index contributed by atoms with van der Waals surface area (Å²) in [6.45, 7) is 5.81. The number of amides is 1. The predicted octanol–water partition coefficient (Wildman–Crippen LogP) is 2.25. The van der Waals surface area contributed by atoms with Gasteiger partial charge in [-0.3, -0.25) is 4.79 Å². The van der Waals surface area contributed by atoms with Crippen molar-refractivity contribution in [3.8, 4) is 5.75 Å². The average molecular weight is 456 g/mol. The maximum Gasteiger partial charge on any atom is 0.222 e. The molecule has 1 aromatic heterocycles. The van der Waals surface area contributed by atoms with Gasteiger partial charge in [-0.05, 0) is 64.0 Å². The maximum atomic E-state index is 13.2. The fourth-order valence-corrected chi connectivity index (χ4v) is 5.03. The molecule has 0 radical (unpaired) electrons. The summed E-state index contributed by atoms with van der Waals surface area (Å²) < 4.78 is 11.0. The van der Waals surface area contributed by atoms with E-state index in [2.05, 4.69) is 32.4 Å². The standard InChI is InChI=1S/C25H37N5O3/c1-28(2)18-22-16-21(27-33-22)14-20-17-26-9-8-19(20)15-25(31)30-12-10-29(11-13-30)23-6-4-5-7-24(23)32-3/h4-7,16,19-20,26H,8-15,17-18H2,1-3H3/t19-,20-/m0/s1. The van der Waals surface area contributed by atoms with Crippen molar-refractivity contribution in [1.29, 1.82) is 0 Å². The van der Waals surface area contributed by atoms with Crippen LogP contribution in [-0.4, -0.2) is 81.3 Å². The molecule has 1 N–H and O–H groups in total. The number of piperidine rings is 1. The third-order valence-electron chi connectivity index (χ3n) is 6.81. The fraction of sp³-hybridized carbons (Fsp3) is 0.600. The second-order valence-electron chi connectivity index (χ2n) is 9.48. The second-order valence-corrected chi connectivity index (χ2v) is 9.48. The molecule has 180 valence electrons. The van der Waals surface area contributed by atoms with Crippen LogP contribution in [-0.2, 0) is 17.8 Å². The van der Waals surface area contributed by atoms with E-state index in [1.165, 1.54) is 0 Å². The highest BCUT2D eigenvalue weighted by atomic mass is 16.5. The van der Waals surface area contributed by atoms with Crippen LogP contribution in [0.15, 0.2) is 34.9 Å². The molecular formula is C25H37N5O3. The van der Waals surface area contributed by atoms with Gasteiger partial charge >= 0.3 is 0 Å². The van der Waals surface area contributed by atoms with Crippen molar-refractivity contribution in [2.45, 2.75) is 25.8 Å². The minimum Gasteiger partial charge on any atom is -0.495 e. The molecule has 2 aliphatic rings. The number of benzene rings is 1. The summed E-state index contributed by atoms with van der Waals surface area (Å²) in [6.07, 6.45) is 2.49. The molecule has 8 nitrogen and oxygen atoms in total. The first kappa shape index (κ1) is 23.6. The monoisotopic (exact) mass is 455 g/mol. The van der Waals surface area contributed by atoms with E-state index in [1.54, 1.807) is 7.11 Å². The van der Waals surface area contributed by atoms with Gasteiger partial charge in [0.15, 0.2) is 5.76 Å². The summed E-state index contributed by atoms with van der Waals surface area (Å²) in [7, 11) is 5.74. The van der Waals surface area contributed by atoms with Gasteiger partial charge in [-0.15, -0.1) is 0 Å². The molecule has 1 aromatic carbocycles. The van der Waals surface area contributed by atoms with Crippen molar-refractivity contribution in [3.05, 3.63) is 41.8 Å². The van der Waals surface area contributed by atoms with Crippen LogP contribution in [0.4, 0.5) is 5.69 Å². The summed E-state index contributed by atoms with van der Waals surface area (Å²) in [4.78, 5) is 19.6. The van der Waals surface area contributed by atoms with Crippen molar-refractivity contribution in [1.82, 2.24) is 20.3 Å². The van der Waals surface area contributed by atoms with Gasteiger partial charge < -0.3 is 29.3 Å². The SMILES string of the molecule is COc1ccccc1N1CCN(C(=O)C[C@@H]2CCNC[C@@H]2Cc2cc(CN(C)C)on2)CC1. The number of nitrogens with one attached hydrogen (secondary N) is 1. The Morgan fingerprint density at radius 1 is 1.21 bits per heavy atom. The molecule has 3 heterocycles. The molecule has 0 aliphatic carbocycles. The fourth-order valence-electron chi connectivity index (χ4n) is 5.03. The molecule has 33 heavy (non-hydrogen) atoms. The Morgan fingerprint density at radius 3 is 2.76 bits per heavy atom. The summed E-state index contributed by atoms with van der Waals surface area (Å²) >= 11 is 0. The summed E-state index contributed by atoms with van der Waals surface area (Å²) in [5, 5.41) is 7.78. The molecule has 0 unspecified atom stereocenters. The van der Waals surface area contributed by atoms with Crippen LogP contribution in [0.3, 0.4) is 0 Å². The third kappa shape index (κ3) is 6.06. The zero-order valence-corrected chi connectivity index (χ0v) is 20.1. The largest absolute Gasteiger partial charge is 0.495 e. The average Bonchev–Trinajstić information content (AvgIpc) is 3.26. The number of anilines is 1. The van der Waals surface area contributed by atoms with E-state index in [0.717, 1.165) is 81.5 Å². The lowest BCUT2D eigenvalue weighted by Gasteiger charge is -2.38. The predicted molar refractivity (Wildman–Crippen MR) is 128 cm³/mol. The van der Waals surface area contributed by atoms with Crippen molar-refractivity contribution in [3.63, 3.8) is 0 Å². The Morgan fingerprint density at radius 2 is 2.00 bits per heavy atom. The van der Waals surface area contributed by atoms with Gasteiger partial charge in [-0.2, -0.15) is 0 Å². The summed E-state index contributed by atoms with van der Waals surface area (Å²) in [6, 6.07) is 10.2. The smallest absolute Gasteiger partial charge is 0.222 e. The highest BCUT2D eigenvalue weighted by Gasteiger charge is 2.31. The molecule has 2 fully saturated rings. The quantitative estimate of drug-likeness (QED) is 0.654. The minimum atomic E-state index is 0.278. The molecule has 2 saturated heterocycles. The van der Waals surface area contributed by atoms with Gasteiger partial charge in [0.1, 0.15) is 5.75 Å². The van der Waals surface area contributed by atoms with Gasteiger partial charge in [0.05, 0.1) is 25.0 Å². The Kier molecular flexibility index (Phi) is 7.88. The molecule has 2 aliphatic heterocycles. The molecule has 0 bridgehead atoms. The Hall–Kier alpha value is -2.58. The van der Waals surface area contributed by atoms with Gasteiger partial charge in [0, 0.05) is 38.7 Å². The number of aromatic nitrogens is 1. The number of carbonyl (C=O) groups is 1. The lowest BCUT2D eigenvalue weighted by atomic mass is 9.81. The van der Waals surface area contributed by atoms with Crippen molar-refractivity contribution in [2.24, 2.45) is 11.8 Å². The van der Waals surface area contributed by atoms with Gasteiger partial charge in [0.25, 0.3) is 0 Å². The molecule has 1 amide bonds. The van der Waals surface area contributed by atoms with Gasteiger partial charge in [-0.1, -0.05) is 17.3 Å². The highest BCUT2D eigenvalue weighted by molar-refractivity contribution is 5.77. The zero-order valence-electron chi connectivity index (χ0n) is 20.1. The number of para-hydroxylation sites is 2. The molecule has 2 aromatic rings. The van der Waals surface area contributed by atoms with E-state index >= 15 is 0 Å². The van der Waals surface area contributed by atoms with Crippen molar-refractivity contribution >= 4 is 11.6 Å². The Balaban J connectivity index is 1.31. The number of carbonyl (C=O) groups excluding carboxylic acids is 1. The second kappa shape index (κ2) is 11.0.